The summed E-state index contributed by atoms with van der Waals surface area (Å²) >= 11 is 0. The average molecular weight is 311 g/mol. The van der Waals surface area contributed by atoms with Gasteiger partial charge in [0.1, 0.15) is 5.75 Å². The molecule has 1 saturated heterocycles. The molecule has 0 aromatic heterocycles. The van der Waals surface area contributed by atoms with Crippen LogP contribution in [-0.4, -0.2) is 36.0 Å². The van der Waals surface area contributed by atoms with Crippen molar-refractivity contribution in [1.29, 1.82) is 0 Å². The van der Waals surface area contributed by atoms with Crippen molar-refractivity contribution in [3.05, 3.63) is 29.8 Å². The molecule has 0 bridgehead atoms. The number of carboxylic acids is 1. The molecular formula is C17H22LiNO4. The van der Waals surface area contributed by atoms with Crippen molar-refractivity contribution >= 4 is 11.9 Å². The zero-order valence-corrected chi connectivity index (χ0v) is 13.9. The zero-order valence-electron chi connectivity index (χ0n) is 13.9. The average Bonchev–Trinajstić information content (AvgIpc) is 3.01. The van der Waals surface area contributed by atoms with Crippen LogP contribution in [-0.2, 0) is 4.79 Å². The van der Waals surface area contributed by atoms with Gasteiger partial charge in [0.15, 0.2) is 0 Å². The molecule has 0 N–H and O–H groups in total. The Hall–Kier alpha value is -1.44. The largest absolute Gasteiger partial charge is 1.00 e. The van der Waals surface area contributed by atoms with Crippen molar-refractivity contribution in [1.82, 2.24) is 4.90 Å². The second-order valence-electron chi connectivity index (χ2n) is 5.56. The fourth-order valence-corrected chi connectivity index (χ4v) is 2.66. The first-order valence-electron chi connectivity index (χ1n) is 7.88. The Morgan fingerprint density at radius 2 is 1.96 bits per heavy atom. The van der Waals surface area contributed by atoms with Crippen molar-refractivity contribution < 1.29 is 38.3 Å². The third kappa shape index (κ3) is 5.30. The number of amides is 1. The van der Waals surface area contributed by atoms with Crippen molar-refractivity contribution in [3.8, 4) is 5.75 Å². The maximum Gasteiger partial charge on any atom is 1.00 e. The van der Waals surface area contributed by atoms with Crippen molar-refractivity contribution in [2.45, 2.75) is 45.1 Å². The first-order valence-corrected chi connectivity index (χ1v) is 7.88. The Labute approximate surface area is 149 Å². The monoisotopic (exact) mass is 311 g/mol. The van der Waals surface area contributed by atoms with Gasteiger partial charge in [-0.25, -0.2) is 0 Å². The van der Waals surface area contributed by atoms with Crippen LogP contribution in [0, 0.1) is 0 Å². The van der Waals surface area contributed by atoms with Gasteiger partial charge in [0.2, 0.25) is 0 Å². The molecule has 5 nitrogen and oxygen atoms in total. The summed E-state index contributed by atoms with van der Waals surface area (Å²) in [5.41, 5.74) is 0.481. The number of hydrogen-bond acceptors (Lipinski definition) is 4. The van der Waals surface area contributed by atoms with Crippen LogP contribution in [0.15, 0.2) is 24.3 Å². The molecule has 0 saturated carbocycles. The summed E-state index contributed by atoms with van der Waals surface area (Å²) in [6, 6.07) is 6.06. The summed E-state index contributed by atoms with van der Waals surface area (Å²) in [6.45, 7) is 3.27. The third-order valence-corrected chi connectivity index (χ3v) is 3.90. The number of carbonyl (C=O) groups is 2. The van der Waals surface area contributed by atoms with Gasteiger partial charge in [0, 0.05) is 12.1 Å². The fraction of sp³-hybridized carbons (Fsp3) is 0.529. The number of hydrogen-bond donors (Lipinski definition) is 0. The maximum atomic E-state index is 12.4. The van der Waals surface area contributed by atoms with E-state index in [1.165, 1.54) is 4.90 Å². The number of nitrogens with zero attached hydrogens (tertiary/aromatic N) is 1. The van der Waals surface area contributed by atoms with Gasteiger partial charge >= 0.3 is 18.9 Å². The van der Waals surface area contributed by atoms with Gasteiger partial charge in [0.25, 0.3) is 5.91 Å². The van der Waals surface area contributed by atoms with Crippen LogP contribution in [0.3, 0.4) is 0 Å². The minimum atomic E-state index is -1.18. The number of carboxylic acid groups (broad SMARTS) is 1. The fourth-order valence-electron chi connectivity index (χ4n) is 2.66. The SMILES string of the molecule is CCCCCOc1ccc(C(=O)N2CCCC2C(=O)[O-])cc1.[Li+]. The van der Waals surface area contributed by atoms with E-state index in [0.29, 0.717) is 31.6 Å². The number of carbonyl (C=O) groups excluding carboxylic acids is 2. The van der Waals surface area contributed by atoms with Crippen molar-refractivity contribution in [3.63, 3.8) is 0 Å². The normalized spacial score (nSPS) is 16.7. The smallest absolute Gasteiger partial charge is 0.548 e. The minimum absolute atomic E-state index is 0. The van der Waals surface area contributed by atoms with Gasteiger partial charge in [-0.1, -0.05) is 19.8 Å². The van der Waals surface area contributed by atoms with Crippen LogP contribution in [0.2, 0.25) is 0 Å². The van der Waals surface area contributed by atoms with E-state index in [0.717, 1.165) is 25.0 Å². The molecule has 1 unspecified atom stereocenters. The summed E-state index contributed by atoms with van der Waals surface area (Å²) < 4.78 is 5.60. The summed E-state index contributed by atoms with van der Waals surface area (Å²) in [5.74, 6) is -0.712. The van der Waals surface area contributed by atoms with Gasteiger partial charge in [-0.2, -0.15) is 0 Å². The molecule has 1 heterocycles. The van der Waals surface area contributed by atoms with E-state index >= 15 is 0 Å². The zero-order chi connectivity index (χ0) is 15.9. The van der Waals surface area contributed by atoms with E-state index in [1.54, 1.807) is 24.3 Å². The van der Waals surface area contributed by atoms with Gasteiger partial charge in [-0.3, -0.25) is 4.79 Å². The maximum absolute atomic E-state index is 12.4. The first kappa shape index (κ1) is 19.6. The molecular weight excluding hydrogens is 289 g/mol. The molecule has 1 aliphatic rings. The summed E-state index contributed by atoms with van der Waals surface area (Å²) in [4.78, 5) is 24.8. The minimum Gasteiger partial charge on any atom is -0.548 e. The van der Waals surface area contributed by atoms with Gasteiger partial charge in [-0.15, -0.1) is 0 Å². The molecule has 23 heavy (non-hydrogen) atoms. The summed E-state index contributed by atoms with van der Waals surface area (Å²) in [7, 11) is 0. The number of likely N-dealkylation sites (tertiary alicyclic amines) is 1. The Morgan fingerprint density at radius 3 is 2.57 bits per heavy atom. The van der Waals surface area contributed by atoms with Gasteiger partial charge in [-0.05, 0) is 43.5 Å². The number of benzene rings is 1. The van der Waals surface area contributed by atoms with Crippen LogP contribution in [0.25, 0.3) is 0 Å². The van der Waals surface area contributed by atoms with Crippen molar-refractivity contribution in [2.75, 3.05) is 13.2 Å². The van der Waals surface area contributed by atoms with E-state index in [2.05, 4.69) is 6.92 Å². The van der Waals surface area contributed by atoms with Crippen LogP contribution in [0.1, 0.15) is 49.4 Å². The second-order valence-corrected chi connectivity index (χ2v) is 5.56. The molecule has 1 aromatic rings. The van der Waals surface area contributed by atoms with Crippen LogP contribution in [0.5, 0.6) is 5.75 Å². The Morgan fingerprint density at radius 1 is 1.26 bits per heavy atom. The Bertz CT molecular complexity index is 518. The Kier molecular flexibility index (Phi) is 8.22. The molecule has 0 aliphatic carbocycles. The van der Waals surface area contributed by atoms with Crippen molar-refractivity contribution in [2.24, 2.45) is 0 Å². The second kappa shape index (κ2) is 9.64. The molecule has 1 atom stereocenters. The van der Waals surface area contributed by atoms with E-state index in [4.69, 9.17) is 4.74 Å². The number of unbranched alkanes of at least 4 members (excludes halogenated alkanes) is 2. The van der Waals surface area contributed by atoms with Gasteiger partial charge < -0.3 is 19.5 Å². The molecule has 1 amide bonds. The van der Waals surface area contributed by atoms with E-state index in [9.17, 15) is 14.7 Å². The quantitative estimate of drug-likeness (QED) is 0.459. The molecule has 0 spiro atoms. The molecule has 1 fully saturated rings. The molecule has 6 heteroatoms. The molecule has 2 rings (SSSR count). The standard InChI is InChI=1S/C17H23NO4.Li/c1-2-3-4-12-22-14-9-7-13(8-10-14)16(19)18-11-5-6-15(18)17(20)21;/h7-10,15H,2-6,11-12H2,1H3,(H,20,21);/q;+1/p-1. The van der Waals surface area contributed by atoms with E-state index in [1.807, 2.05) is 0 Å². The molecule has 1 aromatic carbocycles. The number of ether oxygens (including phenoxy) is 1. The molecule has 0 radical (unpaired) electrons. The summed E-state index contributed by atoms with van der Waals surface area (Å²) in [6.07, 6.45) is 4.45. The first-order chi connectivity index (χ1) is 10.6. The Balaban J connectivity index is 0.00000264. The van der Waals surface area contributed by atoms with E-state index < -0.39 is 12.0 Å². The summed E-state index contributed by atoms with van der Waals surface area (Å²) in [5, 5.41) is 11.0. The topological polar surface area (TPSA) is 69.7 Å². The molecule has 1 aliphatic heterocycles. The third-order valence-electron chi connectivity index (χ3n) is 3.90. The van der Waals surface area contributed by atoms with Crippen LogP contribution >= 0.6 is 0 Å². The predicted molar refractivity (Wildman–Crippen MR) is 80.5 cm³/mol. The van der Waals surface area contributed by atoms with E-state index in [-0.39, 0.29) is 24.8 Å². The van der Waals surface area contributed by atoms with Gasteiger partial charge in [0.05, 0.1) is 18.6 Å². The predicted octanol–water partition coefficient (Wildman–Crippen LogP) is -1.39. The van der Waals surface area contributed by atoms with Crippen LogP contribution < -0.4 is 28.7 Å². The molecule has 120 valence electrons. The number of rotatable bonds is 7. The number of aliphatic carboxylic acids is 1. The van der Waals surface area contributed by atoms with Crippen LogP contribution in [0.4, 0.5) is 0 Å².